The molecule has 1 aromatic rings. The van der Waals surface area contributed by atoms with E-state index in [4.69, 9.17) is 14.6 Å². The van der Waals surface area contributed by atoms with Gasteiger partial charge in [0.1, 0.15) is 11.7 Å². The van der Waals surface area contributed by atoms with Crippen LogP contribution in [-0.4, -0.2) is 48.3 Å². The fraction of sp³-hybridized carbons (Fsp3) is 0.538. The SMILES string of the molecule is CCC(C(=O)O)N(C)Cc1nccc(OC)c1OC. The number of pyridine rings is 1. The average molecular weight is 268 g/mol. The van der Waals surface area contributed by atoms with Crippen LogP contribution >= 0.6 is 0 Å². The first-order valence-electron chi connectivity index (χ1n) is 6.04. The molecule has 6 nitrogen and oxygen atoms in total. The summed E-state index contributed by atoms with van der Waals surface area (Å²) in [6.07, 6.45) is 2.14. The predicted octanol–water partition coefficient (Wildman–Crippen LogP) is 1.39. The van der Waals surface area contributed by atoms with E-state index in [9.17, 15) is 4.79 Å². The zero-order valence-electron chi connectivity index (χ0n) is 11.7. The van der Waals surface area contributed by atoms with Gasteiger partial charge in [-0.2, -0.15) is 0 Å². The number of aromatic nitrogens is 1. The maximum atomic E-state index is 11.1. The van der Waals surface area contributed by atoms with Crippen LogP contribution < -0.4 is 9.47 Å². The zero-order chi connectivity index (χ0) is 14.4. The molecule has 0 aliphatic carbocycles. The Bertz CT molecular complexity index is 437. The van der Waals surface area contributed by atoms with Gasteiger partial charge in [0.15, 0.2) is 11.5 Å². The Morgan fingerprint density at radius 1 is 1.47 bits per heavy atom. The van der Waals surface area contributed by atoms with Crippen LogP contribution in [0.15, 0.2) is 12.3 Å². The highest BCUT2D eigenvalue weighted by Crippen LogP contribution is 2.29. The Balaban J connectivity index is 2.95. The fourth-order valence-electron chi connectivity index (χ4n) is 1.98. The minimum absolute atomic E-state index is 0.380. The number of methoxy groups -OCH3 is 2. The van der Waals surface area contributed by atoms with Crippen molar-refractivity contribution in [2.24, 2.45) is 0 Å². The van der Waals surface area contributed by atoms with E-state index in [2.05, 4.69) is 4.98 Å². The molecule has 0 saturated carbocycles. The lowest BCUT2D eigenvalue weighted by Crippen LogP contribution is -2.37. The van der Waals surface area contributed by atoms with Gasteiger partial charge < -0.3 is 14.6 Å². The molecule has 1 unspecified atom stereocenters. The number of carboxylic acid groups (broad SMARTS) is 1. The maximum Gasteiger partial charge on any atom is 0.320 e. The van der Waals surface area contributed by atoms with E-state index in [1.807, 2.05) is 6.92 Å². The topological polar surface area (TPSA) is 71.9 Å². The monoisotopic (exact) mass is 268 g/mol. The van der Waals surface area contributed by atoms with Crippen molar-refractivity contribution in [3.8, 4) is 11.5 Å². The van der Waals surface area contributed by atoms with E-state index in [0.717, 1.165) is 0 Å². The fourth-order valence-corrected chi connectivity index (χ4v) is 1.98. The van der Waals surface area contributed by atoms with Crippen LogP contribution in [0.25, 0.3) is 0 Å². The Kier molecular flexibility index (Phi) is 5.57. The highest BCUT2D eigenvalue weighted by atomic mass is 16.5. The molecule has 1 heterocycles. The van der Waals surface area contributed by atoms with Gasteiger partial charge in [0.05, 0.1) is 14.2 Å². The largest absolute Gasteiger partial charge is 0.493 e. The molecule has 1 rings (SSSR count). The Hall–Kier alpha value is -1.82. The van der Waals surface area contributed by atoms with Gasteiger partial charge in [0.25, 0.3) is 0 Å². The number of likely N-dealkylation sites (N-methyl/N-ethyl adjacent to an activating group) is 1. The van der Waals surface area contributed by atoms with Crippen molar-refractivity contribution >= 4 is 5.97 Å². The summed E-state index contributed by atoms with van der Waals surface area (Å²) in [5, 5.41) is 9.13. The molecular weight excluding hydrogens is 248 g/mol. The highest BCUT2D eigenvalue weighted by Gasteiger charge is 2.22. The lowest BCUT2D eigenvalue weighted by atomic mass is 10.2. The number of hydrogen-bond acceptors (Lipinski definition) is 5. The molecule has 19 heavy (non-hydrogen) atoms. The van der Waals surface area contributed by atoms with Crippen molar-refractivity contribution in [2.75, 3.05) is 21.3 Å². The smallest absolute Gasteiger partial charge is 0.320 e. The number of carboxylic acids is 1. The van der Waals surface area contributed by atoms with Gasteiger partial charge in [-0.1, -0.05) is 6.92 Å². The van der Waals surface area contributed by atoms with E-state index < -0.39 is 12.0 Å². The van der Waals surface area contributed by atoms with Crippen molar-refractivity contribution in [3.63, 3.8) is 0 Å². The van der Waals surface area contributed by atoms with E-state index in [1.165, 1.54) is 7.11 Å². The average Bonchev–Trinajstić information content (AvgIpc) is 2.38. The van der Waals surface area contributed by atoms with Crippen LogP contribution in [0.3, 0.4) is 0 Å². The van der Waals surface area contributed by atoms with Crippen LogP contribution in [0.4, 0.5) is 0 Å². The third-order valence-electron chi connectivity index (χ3n) is 2.97. The molecule has 0 fully saturated rings. The maximum absolute atomic E-state index is 11.1. The molecule has 6 heteroatoms. The first-order chi connectivity index (χ1) is 9.04. The van der Waals surface area contributed by atoms with Gasteiger partial charge >= 0.3 is 5.97 Å². The van der Waals surface area contributed by atoms with E-state index in [0.29, 0.717) is 30.2 Å². The van der Waals surface area contributed by atoms with Crippen molar-refractivity contribution < 1.29 is 19.4 Å². The molecule has 0 saturated heterocycles. The third-order valence-corrected chi connectivity index (χ3v) is 2.97. The van der Waals surface area contributed by atoms with Crippen LogP contribution in [0, 0.1) is 0 Å². The minimum Gasteiger partial charge on any atom is -0.493 e. The third kappa shape index (κ3) is 3.57. The van der Waals surface area contributed by atoms with Gasteiger partial charge in [0.2, 0.25) is 0 Å². The number of carbonyl (C=O) groups is 1. The van der Waals surface area contributed by atoms with Gasteiger partial charge in [-0.25, -0.2) is 0 Å². The van der Waals surface area contributed by atoms with Crippen LogP contribution in [0.5, 0.6) is 11.5 Å². The first kappa shape index (κ1) is 15.2. The second-order valence-corrected chi connectivity index (χ2v) is 4.17. The van der Waals surface area contributed by atoms with Crippen molar-refractivity contribution in [2.45, 2.75) is 25.9 Å². The molecule has 0 bridgehead atoms. The molecule has 1 aromatic heterocycles. The summed E-state index contributed by atoms with van der Waals surface area (Å²) in [5.41, 5.74) is 0.657. The number of hydrogen-bond donors (Lipinski definition) is 1. The van der Waals surface area contributed by atoms with E-state index in [-0.39, 0.29) is 0 Å². The second-order valence-electron chi connectivity index (χ2n) is 4.17. The lowest BCUT2D eigenvalue weighted by Gasteiger charge is -2.24. The number of ether oxygens (including phenoxy) is 2. The molecule has 0 radical (unpaired) electrons. The first-order valence-corrected chi connectivity index (χ1v) is 6.04. The van der Waals surface area contributed by atoms with Crippen LogP contribution in [-0.2, 0) is 11.3 Å². The summed E-state index contributed by atoms with van der Waals surface area (Å²) >= 11 is 0. The lowest BCUT2D eigenvalue weighted by molar-refractivity contribution is -0.143. The quantitative estimate of drug-likeness (QED) is 0.805. The normalized spacial score (nSPS) is 12.3. The molecule has 0 aliphatic heterocycles. The molecule has 0 spiro atoms. The zero-order valence-corrected chi connectivity index (χ0v) is 11.7. The van der Waals surface area contributed by atoms with Gasteiger partial charge in [-0.3, -0.25) is 14.7 Å². The molecule has 1 N–H and O–H groups in total. The van der Waals surface area contributed by atoms with Gasteiger partial charge in [0, 0.05) is 18.8 Å². The summed E-state index contributed by atoms with van der Waals surface area (Å²) in [6.45, 7) is 2.22. The predicted molar refractivity (Wildman–Crippen MR) is 70.5 cm³/mol. The molecule has 1 atom stereocenters. The molecule has 0 aromatic carbocycles. The standard InChI is InChI=1S/C13H20N2O4/c1-5-10(13(16)17)15(2)8-9-12(19-4)11(18-3)6-7-14-9/h6-7,10H,5,8H2,1-4H3,(H,16,17). The van der Waals surface area contributed by atoms with E-state index >= 15 is 0 Å². The summed E-state index contributed by atoms with van der Waals surface area (Å²) in [7, 11) is 4.85. The Labute approximate surface area is 113 Å². The van der Waals surface area contributed by atoms with Gasteiger partial charge in [-0.05, 0) is 13.5 Å². The van der Waals surface area contributed by atoms with Crippen LogP contribution in [0.1, 0.15) is 19.0 Å². The minimum atomic E-state index is -0.841. The second kappa shape index (κ2) is 6.94. The number of rotatable bonds is 7. The number of nitrogens with zero attached hydrogens (tertiary/aromatic N) is 2. The van der Waals surface area contributed by atoms with E-state index in [1.54, 1.807) is 31.3 Å². The van der Waals surface area contributed by atoms with Crippen molar-refractivity contribution in [1.29, 1.82) is 0 Å². The number of aliphatic carboxylic acids is 1. The molecule has 106 valence electrons. The Morgan fingerprint density at radius 2 is 2.16 bits per heavy atom. The van der Waals surface area contributed by atoms with Crippen molar-refractivity contribution in [3.05, 3.63) is 18.0 Å². The summed E-state index contributed by atoms with van der Waals surface area (Å²) < 4.78 is 10.5. The molecule has 0 aliphatic rings. The summed E-state index contributed by atoms with van der Waals surface area (Å²) in [4.78, 5) is 17.1. The Morgan fingerprint density at radius 3 is 2.63 bits per heavy atom. The summed E-state index contributed by atoms with van der Waals surface area (Å²) in [5.74, 6) is 0.285. The van der Waals surface area contributed by atoms with Crippen LogP contribution in [0.2, 0.25) is 0 Å². The van der Waals surface area contributed by atoms with Gasteiger partial charge in [-0.15, -0.1) is 0 Å². The summed E-state index contributed by atoms with van der Waals surface area (Å²) in [6, 6.07) is 1.16. The highest BCUT2D eigenvalue weighted by molar-refractivity contribution is 5.73. The molecule has 0 amide bonds. The molecular formula is C13H20N2O4. The van der Waals surface area contributed by atoms with Crippen molar-refractivity contribution in [1.82, 2.24) is 9.88 Å².